The number of pyridine rings is 1. The summed E-state index contributed by atoms with van der Waals surface area (Å²) in [5.41, 5.74) is 7.45. The Hall–Kier alpha value is -2.73. The molecule has 0 fully saturated rings. The number of nitrogens with one attached hydrogen (secondary N) is 1. The van der Waals surface area contributed by atoms with E-state index in [0.29, 0.717) is 22.5 Å². The zero-order valence-corrected chi connectivity index (χ0v) is 11.5. The maximum absolute atomic E-state index is 12.1. The first-order chi connectivity index (χ1) is 10.1. The number of nitrogens with zero attached hydrogens (tertiary/aromatic N) is 1. The number of esters is 1. The van der Waals surface area contributed by atoms with Crippen LogP contribution in [0.5, 0.6) is 0 Å². The van der Waals surface area contributed by atoms with Crippen molar-refractivity contribution in [1.29, 1.82) is 0 Å². The van der Waals surface area contributed by atoms with Crippen LogP contribution in [0.1, 0.15) is 26.4 Å². The Bertz CT molecular complexity index is 671. The number of hydrogen-bond acceptors (Lipinski definition) is 5. The van der Waals surface area contributed by atoms with Crippen LogP contribution in [0.2, 0.25) is 0 Å². The molecule has 0 unspecified atom stereocenters. The Balaban J connectivity index is 2.17. The fourth-order valence-electron chi connectivity index (χ4n) is 1.78. The second kappa shape index (κ2) is 6.62. The van der Waals surface area contributed by atoms with Crippen molar-refractivity contribution >= 4 is 17.6 Å². The number of amides is 1. The number of ether oxygens (including phenoxy) is 1. The van der Waals surface area contributed by atoms with Crippen molar-refractivity contribution in [3.05, 3.63) is 59.4 Å². The number of anilines is 1. The molecule has 0 aliphatic heterocycles. The second-order valence-corrected chi connectivity index (χ2v) is 4.27. The molecule has 6 heteroatoms. The van der Waals surface area contributed by atoms with Gasteiger partial charge in [-0.1, -0.05) is 6.07 Å². The van der Waals surface area contributed by atoms with E-state index in [-0.39, 0.29) is 12.5 Å². The topological polar surface area (TPSA) is 94.3 Å². The molecule has 0 atom stereocenters. The Kier molecular flexibility index (Phi) is 4.63. The van der Waals surface area contributed by atoms with Gasteiger partial charge in [0.25, 0.3) is 5.91 Å². The van der Waals surface area contributed by atoms with Crippen molar-refractivity contribution in [2.45, 2.75) is 6.54 Å². The van der Waals surface area contributed by atoms with Gasteiger partial charge in [0, 0.05) is 24.0 Å². The average Bonchev–Trinajstić information content (AvgIpc) is 2.54. The molecule has 6 nitrogen and oxygen atoms in total. The SMILES string of the molecule is COC(=O)c1cccc(NC(=O)c2ccnc(CN)c2)c1. The molecule has 0 aliphatic rings. The highest BCUT2D eigenvalue weighted by molar-refractivity contribution is 6.04. The summed E-state index contributed by atoms with van der Waals surface area (Å²) in [5, 5.41) is 2.71. The normalized spacial score (nSPS) is 10.0. The Morgan fingerprint density at radius 2 is 2.05 bits per heavy atom. The lowest BCUT2D eigenvalue weighted by atomic mass is 10.1. The van der Waals surface area contributed by atoms with Crippen LogP contribution in [0, 0.1) is 0 Å². The summed E-state index contributed by atoms with van der Waals surface area (Å²) in [6.45, 7) is 0.263. The third-order valence-corrected chi connectivity index (χ3v) is 2.83. The number of carbonyl (C=O) groups excluding carboxylic acids is 2. The number of methoxy groups -OCH3 is 1. The molecule has 0 aliphatic carbocycles. The van der Waals surface area contributed by atoms with Gasteiger partial charge in [-0.2, -0.15) is 0 Å². The van der Waals surface area contributed by atoms with Crippen molar-refractivity contribution in [3.63, 3.8) is 0 Å². The van der Waals surface area contributed by atoms with Crippen molar-refractivity contribution < 1.29 is 14.3 Å². The van der Waals surface area contributed by atoms with Gasteiger partial charge in [0.1, 0.15) is 0 Å². The van der Waals surface area contributed by atoms with Gasteiger partial charge in [-0.15, -0.1) is 0 Å². The van der Waals surface area contributed by atoms with E-state index in [1.165, 1.54) is 13.3 Å². The van der Waals surface area contributed by atoms with E-state index in [1.807, 2.05) is 0 Å². The summed E-state index contributed by atoms with van der Waals surface area (Å²) in [5.74, 6) is -0.755. The quantitative estimate of drug-likeness (QED) is 0.832. The minimum Gasteiger partial charge on any atom is -0.465 e. The standard InChI is InChI=1S/C15H15N3O3/c1-21-15(20)11-3-2-4-12(8-11)18-14(19)10-5-6-17-13(7-10)9-16/h2-8H,9,16H2,1H3,(H,18,19). The highest BCUT2D eigenvalue weighted by Crippen LogP contribution is 2.13. The maximum Gasteiger partial charge on any atom is 0.337 e. The maximum atomic E-state index is 12.1. The van der Waals surface area contributed by atoms with Crippen LogP contribution in [-0.2, 0) is 11.3 Å². The van der Waals surface area contributed by atoms with E-state index in [9.17, 15) is 9.59 Å². The summed E-state index contributed by atoms with van der Waals surface area (Å²) in [6.07, 6.45) is 1.53. The number of rotatable bonds is 4. The lowest BCUT2D eigenvalue weighted by Gasteiger charge is -2.07. The minimum atomic E-state index is -0.458. The molecule has 1 amide bonds. The van der Waals surface area contributed by atoms with Gasteiger partial charge in [0.15, 0.2) is 0 Å². The van der Waals surface area contributed by atoms with Crippen LogP contribution < -0.4 is 11.1 Å². The van der Waals surface area contributed by atoms with Crippen LogP contribution in [0.25, 0.3) is 0 Å². The number of benzene rings is 1. The molecule has 0 saturated heterocycles. The van der Waals surface area contributed by atoms with Crippen molar-refractivity contribution in [1.82, 2.24) is 4.98 Å². The summed E-state index contributed by atoms with van der Waals surface area (Å²) in [4.78, 5) is 27.6. The van der Waals surface area contributed by atoms with Crippen molar-refractivity contribution in [2.24, 2.45) is 5.73 Å². The lowest BCUT2D eigenvalue weighted by Crippen LogP contribution is -2.13. The predicted molar refractivity (Wildman–Crippen MR) is 77.9 cm³/mol. The van der Waals surface area contributed by atoms with Crippen LogP contribution in [0.3, 0.4) is 0 Å². The van der Waals surface area contributed by atoms with E-state index in [4.69, 9.17) is 5.73 Å². The lowest BCUT2D eigenvalue weighted by molar-refractivity contribution is 0.0600. The van der Waals surface area contributed by atoms with Crippen LogP contribution in [-0.4, -0.2) is 24.0 Å². The van der Waals surface area contributed by atoms with E-state index >= 15 is 0 Å². The van der Waals surface area contributed by atoms with Crippen molar-refractivity contribution in [2.75, 3.05) is 12.4 Å². The number of aromatic nitrogens is 1. The van der Waals surface area contributed by atoms with Gasteiger partial charge in [-0.25, -0.2) is 4.79 Å². The predicted octanol–water partition coefficient (Wildman–Crippen LogP) is 1.58. The molecular weight excluding hydrogens is 270 g/mol. The molecule has 1 aromatic heterocycles. The summed E-state index contributed by atoms with van der Waals surface area (Å²) < 4.78 is 4.64. The Morgan fingerprint density at radius 3 is 2.76 bits per heavy atom. The van der Waals surface area contributed by atoms with Crippen LogP contribution in [0.4, 0.5) is 5.69 Å². The molecule has 3 N–H and O–H groups in total. The Labute approximate surface area is 121 Å². The number of nitrogens with two attached hydrogens (primary N) is 1. The highest BCUT2D eigenvalue weighted by atomic mass is 16.5. The van der Waals surface area contributed by atoms with E-state index in [1.54, 1.807) is 36.4 Å². The van der Waals surface area contributed by atoms with Crippen molar-refractivity contribution in [3.8, 4) is 0 Å². The van der Waals surface area contributed by atoms with Gasteiger partial charge in [-0.05, 0) is 30.3 Å². The van der Waals surface area contributed by atoms with Gasteiger partial charge in [-0.3, -0.25) is 9.78 Å². The second-order valence-electron chi connectivity index (χ2n) is 4.27. The Morgan fingerprint density at radius 1 is 1.24 bits per heavy atom. The van der Waals surface area contributed by atoms with Crippen LogP contribution in [0.15, 0.2) is 42.6 Å². The first-order valence-electron chi connectivity index (χ1n) is 6.28. The third kappa shape index (κ3) is 3.64. The molecule has 0 radical (unpaired) electrons. The average molecular weight is 285 g/mol. The number of hydrogen-bond donors (Lipinski definition) is 2. The summed E-state index contributed by atoms with van der Waals surface area (Å²) >= 11 is 0. The smallest absolute Gasteiger partial charge is 0.337 e. The monoisotopic (exact) mass is 285 g/mol. The zero-order chi connectivity index (χ0) is 15.2. The molecule has 108 valence electrons. The van der Waals surface area contributed by atoms with Crippen LogP contribution >= 0.6 is 0 Å². The zero-order valence-electron chi connectivity index (χ0n) is 11.5. The molecule has 21 heavy (non-hydrogen) atoms. The molecule has 0 bridgehead atoms. The van der Waals surface area contributed by atoms with Gasteiger partial charge in [0.05, 0.1) is 18.4 Å². The highest BCUT2D eigenvalue weighted by Gasteiger charge is 2.10. The molecule has 0 spiro atoms. The molecule has 1 aromatic carbocycles. The first-order valence-corrected chi connectivity index (χ1v) is 6.28. The summed E-state index contributed by atoms with van der Waals surface area (Å²) in [7, 11) is 1.30. The molecule has 1 heterocycles. The molecule has 2 aromatic rings. The van der Waals surface area contributed by atoms with Gasteiger partial charge >= 0.3 is 5.97 Å². The summed E-state index contributed by atoms with van der Waals surface area (Å²) in [6, 6.07) is 9.74. The molecular formula is C15H15N3O3. The fourth-order valence-corrected chi connectivity index (χ4v) is 1.78. The van der Waals surface area contributed by atoms with Gasteiger partial charge < -0.3 is 15.8 Å². The third-order valence-electron chi connectivity index (χ3n) is 2.83. The minimum absolute atomic E-state index is 0.263. The van der Waals surface area contributed by atoms with E-state index in [0.717, 1.165) is 0 Å². The molecule has 0 saturated carbocycles. The van der Waals surface area contributed by atoms with Gasteiger partial charge in [0.2, 0.25) is 0 Å². The first kappa shape index (κ1) is 14.7. The molecule has 2 rings (SSSR count). The fraction of sp³-hybridized carbons (Fsp3) is 0.133. The van der Waals surface area contributed by atoms with E-state index in [2.05, 4.69) is 15.0 Å². The van der Waals surface area contributed by atoms with E-state index < -0.39 is 5.97 Å². The largest absolute Gasteiger partial charge is 0.465 e. The number of carbonyl (C=O) groups is 2.